The molecule has 138 valence electrons. The van der Waals surface area contributed by atoms with Gasteiger partial charge in [0.25, 0.3) is 0 Å². The molecule has 1 aromatic heterocycles. The van der Waals surface area contributed by atoms with E-state index in [4.69, 9.17) is 21.4 Å². The van der Waals surface area contributed by atoms with E-state index in [0.29, 0.717) is 5.69 Å². The SMILES string of the molecule is O=C(O)Cc1c(OC(Cl)c2ccccc2F)ccc(-c2ccccn2)c1F. The maximum absolute atomic E-state index is 15.0. The molecule has 7 heteroatoms. The van der Waals surface area contributed by atoms with Crippen LogP contribution < -0.4 is 4.74 Å². The highest BCUT2D eigenvalue weighted by molar-refractivity contribution is 6.20. The molecule has 0 saturated heterocycles. The summed E-state index contributed by atoms with van der Waals surface area (Å²) >= 11 is 6.12. The minimum Gasteiger partial charge on any atom is -0.481 e. The van der Waals surface area contributed by atoms with Crippen molar-refractivity contribution in [1.29, 1.82) is 0 Å². The monoisotopic (exact) mass is 389 g/mol. The number of alkyl halides is 1. The number of aromatic nitrogens is 1. The van der Waals surface area contributed by atoms with Crippen LogP contribution in [0.2, 0.25) is 0 Å². The second-order valence-corrected chi connectivity index (χ2v) is 6.04. The molecule has 0 amide bonds. The van der Waals surface area contributed by atoms with E-state index in [0.717, 1.165) is 0 Å². The highest BCUT2D eigenvalue weighted by atomic mass is 35.5. The van der Waals surface area contributed by atoms with Gasteiger partial charge in [-0.1, -0.05) is 35.9 Å². The van der Waals surface area contributed by atoms with E-state index in [9.17, 15) is 9.18 Å². The van der Waals surface area contributed by atoms with Crippen LogP contribution in [0.3, 0.4) is 0 Å². The first-order chi connectivity index (χ1) is 13.0. The van der Waals surface area contributed by atoms with Gasteiger partial charge >= 0.3 is 5.97 Å². The molecule has 3 aromatic rings. The van der Waals surface area contributed by atoms with Crippen molar-refractivity contribution >= 4 is 17.6 Å². The van der Waals surface area contributed by atoms with Gasteiger partial charge in [-0.15, -0.1) is 0 Å². The van der Waals surface area contributed by atoms with Gasteiger partial charge in [0.05, 0.1) is 12.1 Å². The van der Waals surface area contributed by atoms with E-state index in [-0.39, 0.29) is 22.4 Å². The summed E-state index contributed by atoms with van der Waals surface area (Å²) in [5.74, 6) is -2.67. The Balaban J connectivity index is 2.01. The average Bonchev–Trinajstić information content (AvgIpc) is 2.65. The highest BCUT2D eigenvalue weighted by Crippen LogP contribution is 2.34. The smallest absolute Gasteiger partial charge is 0.308 e. The van der Waals surface area contributed by atoms with Crippen molar-refractivity contribution in [3.63, 3.8) is 0 Å². The molecular weight excluding hydrogens is 376 g/mol. The van der Waals surface area contributed by atoms with Crippen molar-refractivity contribution in [1.82, 2.24) is 4.98 Å². The van der Waals surface area contributed by atoms with Crippen molar-refractivity contribution < 1.29 is 23.4 Å². The average molecular weight is 390 g/mol. The Labute approximate surface area is 159 Å². The molecule has 0 aliphatic carbocycles. The summed E-state index contributed by atoms with van der Waals surface area (Å²) in [4.78, 5) is 15.3. The first-order valence-corrected chi connectivity index (χ1v) is 8.40. The van der Waals surface area contributed by atoms with E-state index in [2.05, 4.69) is 4.98 Å². The van der Waals surface area contributed by atoms with Gasteiger partial charge in [-0.2, -0.15) is 0 Å². The zero-order valence-electron chi connectivity index (χ0n) is 13.9. The lowest BCUT2D eigenvalue weighted by Gasteiger charge is -2.18. The van der Waals surface area contributed by atoms with Gasteiger partial charge < -0.3 is 9.84 Å². The summed E-state index contributed by atoms with van der Waals surface area (Å²) in [7, 11) is 0. The van der Waals surface area contributed by atoms with E-state index in [1.165, 1.54) is 36.5 Å². The first-order valence-electron chi connectivity index (χ1n) is 7.97. The third-order valence-electron chi connectivity index (χ3n) is 3.85. The Morgan fingerprint density at radius 1 is 1.11 bits per heavy atom. The zero-order valence-corrected chi connectivity index (χ0v) is 14.7. The third-order valence-corrected chi connectivity index (χ3v) is 4.17. The fraction of sp³-hybridized carbons (Fsp3) is 0.100. The molecule has 0 aliphatic heterocycles. The van der Waals surface area contributed by atoms with Gasteiger partial charge in [0.1, 0.15) is 17.4 Å². The van der Waals surface area contributed by atoms with Crippen molar-refractivity contribution in [3.05, 3.63) is 83.6 Å². The molecule has 0 fully saturated rings. The molecular formula is C20H14ClF2NO3. The lowest BCUT2D eigenvalue weighted by atomic mass is 10.0. The summed E-state index contributed by atoms with van der Waals surface area (Å²) in [6.45, 7) is 0. The van der Waals surface area contributed by atoms with Crippen LogP contribution in [0.1, 0.15) is 16.7 Å². The molecule has 1 heterocycles. The minimum absolute atomic E-state index is 0.0645. The number of ether oxygens (including phenoxy) is 1. The Kier molecular flexibility index (Phi) is 5.66. The van der Waals surface area contributed by atoms with Gasteiger partial charge in [-0.3, -0.25) is 9.78 Å². The summed E-state index contributed by atoms with van der Waals surface area (Å²) < 4.78 is 34.4. The number of hydrogen-bond acceptors (Lipinski definition) is 3. The normalized spacial score (nSPS) is 11.8. The number of pyridine rings is 1. The third kappa shape index (κ3) is 4.23. The number of hydrogen-bond donors (Lipinski definition) is 1. The van der Waals surface area contributed by atoms with Gasteiger partial charge in [0, 0.05) is 22.9 Å². The fourth-order valence-electron chi connectivity index (χ4n) is 2.58. The van der Waals surface area contributed by atoms with Crippen molar-refractivity contribution in [2.75, 3.05) is 0 Å². The largest absolute Gasteiger partial charge is 0.481 e. The number of carbonyl (C=O) groups is 1. The molecule has 1 N–H and O–H groups in total. The molecule has 1 atom stereocenters. The molecule has 0 bridgehead atoms. The van der Waals surface area contributed by atoms with Crippen LogP contribution in [-0.4, -0.2) is 16.1 Å². The number of carboxylic acid groups (broad SMARTS) is 1. The van der Waals surface area contributed by atoms with Gasteiger partial charge in [-0.05, 0) is 30.3 Å². The summed E-state index contributed by atoms with van der Waals surface area (Å²) in [5.41, 5.74) is -0.887. The lowest BCUT2D eigenvalue weighted by Crippen LogP contribution is -2.10. The molecule has 4 nitrogen and oxygen atoms in total. The number of benzene rings is 2. The van der Waals surface area contributed by atoms with Crippen LogP contribution in [-0.2, 0) is 11.2 Å². The maximum Gasteiger partial charge on any atom is 0.308 e. The molecule has 0 radical (unpaired) electrons. The van der Waals surface area contributed by atoms with Crippen LogP contribution >= 0.6 is 11.6 Å². The second-order valence-electron chi connectivity index (χ2n) is 5.64. The van der Waals surface area contributed by atoms with Gasteiger partial charge in [0.15, 0.2) is 0 Å². The van der Waals surface area contributed by atoms with Crippen LogP contribution in [0.4, 0.5) is 8.78 Å². The second kappa shape index (κ2) is 8.14. The number of rotatable bonds is 6. The highest BCUT2D eigenvalue weighted by Gasteiger charge is 2.22. The standard InChI is InChI=1S/C20H14ClF2NO3/c21-20(12-5-1-2-6-15(12)22)27-17-9-8-13(16-7-3-4-10-24-16)19(23)14(17)11-18(25)26/h1-10,20H,11H2,(H,25,26). The van der Waals surface area contributed by atoms with Crippen LogP contribution in [0.5, 0.6) is 5.75 Å². The molecule has 2 aromatic carbocycles. The number of carboxylic acids is 1. The zero-order chi connectivity index (χ0) is 19.4. The van der Waals surface area contributed by atoms with Crippen LogP contribution in [0, 0.1) is 11.6 Å². The quantitative estimate of drug-likeness (QED) is 0.605. The van der Waals surface area contributed by atoms with Crippen molar-refractivity contribution in [2.24, 2.45) is 0 Å². The Hall–Kier alpha value is -2.99. The summed E-state index contributed by atoms with van der Waals surface area (Å²) in [6.07, 6.45) is 0.881. The topological polar surface area (TPSA) is 59.4 Å². The van der Waals surface area contributed by atoms with E-state index in [1.54, 1.807) is 24.3 Å². The van der Waals surface area contributed by atoms with Crippen molar-refractivity contribution in [3.8, 4) is 17.0 Å². The van der Waals surface area contributed by atoms with Gasteiger partial charge in [-0.25, -0.2) is 8.78 Å². The number of nitrogens with zero attached hydrogens (tertiary/aromatic N) is 1. The Morgan fingerprint density at radius 2 is 1.85 bits per heavy atom. The van der Waals surface area contributed by atoms with Gasteiger partial charge in [0.2, 0.25) is 5.56 Å². The Bertz CT molecular complexity index is 967. The molecule has 0 spiro atoms. The molecule has 0 aliphatic rings. The number of aliphatic carboxylic acids is 1. The van der Waals surface area contributed by atoms with E-state index < -0.39 is 29.6 Å². The van der Waals surface area contributed by atoms with E-state index >= 15 is 4.39 Å². The number of halogens is 3. The Morgan fingerprint density at radius 3 is 2.52 bits per heavy atom. The summed E-state index contributed by atoms with van der Waals surface area (Å²) in [6, 6.07) is 13.5. The van der Waals surface area contributed by atoms with Crippen molar-refractivity contribution in [2.45, 2.75) is 12.0 Å². The summed E-state index contributed by atoms with van der Waals surface area (Å²) in [5, 5.41) is 9.14. The first kappa shape index (κ1) is 18.8. The van der Waals surface area contributed by atoms with E-state index in [1.807, 2.05) is 0 Å². The molecule has 0 saturated carbocycles. The maximum atomic E-state index is 15.0. The minimum atomic E-state index is -1.25. The molecule has 1 unspecified atom stereocenters. The molecule has 3 rings (SSSR count). The fourth-order valence-corrected chi connectivity index (χ4v) is 2.86. The lowest BCUT2D eigenvalue weighted by molar-refractivity contribution is -0.136. The predicted molar refractivity (Wildman–Crippen MR) is 96.6 cm³/mol. The van der Waals surface area contributed by atoms with Crippen LogP contribution in [0.15, 0.2) is 60.8 Å². The molecule has 27 heavy (non-hydrogen) atoms. The predicted octanol–water partition coefficient (Wildman–Crippen LogP) is 4.97. The van der Waals surface area contributed by atoms with Crippen LogP contribution in [0.25, 0.3) is 11.3 Å².